The number of aryl methyl sites for hydroxylation is 1. The maximum absolute atomic E-state index is 12.6. The van der Waals surface area contributed by atoms with Gasteiger partial charge in [-0.05, 0) is 31.9 Å². The maximum atomic E-state index is 12.6. The zero-order chi connectivity index (χ0) is 16.2. The van der Waals surface area contributed by atoms with Gasteiger partial charge in [0, 0.05) is 18.7 Å². The lowest BCUT2D eigenvalue weighted by atomic mass is 9.94. The molecular formula is C19H24N2O2. The van der Waals surface area contributed by atoms with Crippen LogP contribution in [0.2, 0.25) is 0 Å². The Kier molecular flexibility index (Phi) is 4.79. The lowest BCUT2D eigenvalue weighted by Crippen LogP contribution is -2.39. The highest BCUT2D eigenvalue weighted by atomic mass is 16.4. The van der Waals surface area contributed by atoms with Crippen LogP contribution in [-0.2, 0) is 11.2 Å². The molecule has 1 aliphatic rings. The summed E-state index contributed by atoms with van der Waals surface area (Å²) in [5, 5.41) is 0. The maximum Gasteiger partial charge on any atom is 0.228 e. The Labute approximate surface area is 137 Å². The zero-order valence-electron chi connectivity index (χ0n) is 13.9. The van der Waals surface area contributed by atoms with Crippen molar-refractivity contribution in [3.63, 3.8) is 0 Å². The predicted octanol–water partition coefficient (Wildman–Crippen LogP) is 3.98. The van der Waals surface area contributed by atoms with Crippen molar-refractivity contribution in [2.24, 2.45) is 0 Å². The summed E-state index contributed by atoms with van der Waals surface area (Å²) in [5.41, 5.74) is 1.69. The highest BCUT2D eigenvalue weighted by Gasteiger charge is 2.23. The first kappa shape index (κ1) is 15.8. The summed E-state index contributed by atoms with van der Waals surface area (Å²) in [6.45, 7) is 1.88. The van der Waals surface area contributed by atoms with Gasteiger partial charge in [0.25, 0.3) is 0 Å². The minimum absolute atomic E-state index is 0.132. The highest BCUT2D eigenvalue weighted by Crippen LogP contribution is 2.24. The smallest absolute Gasteiger partial charge is 0.228 e. The van der Waals surface area contributed by atoms with Crippen LogP contribution in [0.3, 0.4) is 0 Å². The summed E-state index contributed by atoms with van der Waals surface area (Å²) in [4.78, 5) is 19.0. The van der Waals surface area contributed by atoms with E-state index in [-0.39, 0.29) is 5.91 Å². The summed E-state index contributed by atoms with van der Waals surface area (Å²) < 4.78 is 5.74. The summed E-state index contributed by atoms with van der Waals surface area (Å²) in [5.74, 6) is 1.45. The molecule has 3 rings (SSSR count). The number of oxazole rings is 1. The second-order valence-electron chi connectivity index (χ2n) is 6.36. The second kappa shape index (κ2) is 6.99. The minimum Gasteiger partial charge on any atom is -0.441 e. The molecule has 0 spiro atoms. The molecule has 0 atom stereocenters. The van der Waals surface area contributed by atoms with Crippen molar-refractivity contribution in [3.8, 4) is 11.5 Å². The monoisotopic (exact) mass is 312 g/mol. The first-order valence-corrected chi connectivity index (χ1v) is 8.42. The highest BCUT2D eigenvalue weighted by molar-refractivity contribution is 5.78. The summed E-state index contributed by atoms with van der Waals surface area (Å²) in [7, 11) is 1.92. The van der Waals surface area contributed by atoms with Crippen molar-refractivity contribution >= 4 is 5.91 Å². The molecule has 23 heavy (non-hydrogen) atoms. The minimum atomic E-state index is 0.132. The summed E-state index contributed by atoms with van der Waals surface area (Å²) in [6, 6.07) is 10.2. The van der Waals surface area contributed by atoms with Crippen LogP contribution in [0, 0.1) is 6.92 Å². The molecule has 0 N–H and O–H groups in total. The van der Waals surface area contributed by atoms with E-state index in [1.807, 2.05) is 49.2 Å². The average molecular weight is 312 g/mol. The van der Waals surface area contributed by atoms with E-state index in [4.69, 9.17) is 4.42 Å². The van der Waals surface area contributed by atoms with Crippen LogP contribution in [0.15, 0.2) is 34.7 Å². The van der Waals surface area contributed by atoms with Crippen LogP contribution >= 0.6 is 0 Å². The SMILES string of the molecule is Cc1oc(-c2ccccc2)nc1CC(=O)N(C)C1CCCCC1. The van der Waals surface area contributed by atoms with E-state index in [1.54, 1.807) is 0 Å². The first-order valence-electron chi connectivity index (χ1n) is 8.42. The molecular weight excluding hydrogens is 288 g/mol. The molecule has 0 bridgehead atoms. The molecule has 2 aromatic rings. The van der Waals surface area contributed by atoms with Crippen LogP contribution < -0.4 is 0 Å². The van der Waals surface area contributed by atoms with Gasteiger partial charge in [0.1, 0.15) is 5.76 Å². The Bertz CT molecular complexity index is 657. The third-order valence-corrected chi connectivity index (χ3v) is 4.75. The number of aromatic nitrogens is 1. The van der Waals surface area contributed by atoms with Crippen LogP contribution in [0.5, 0.6) is 0 Å². The Morgan fingerprint density at radius 2 is 1.91 bits per heavy atom. The van der Waals surface area contributed by atoms with Crippen LogP contribution in [-0.4, -0.2) is 28.9 Å². The van der Waals surface area contributed by atoms with Gasteiger partial charge in [0.05, 0.1) is 12.1 Å². The van der Waals surface area contributed by atoms with Crippen LogP contribution in [0.25, 0.3) is 11.5 Å². The van der Waals surface area contributed by atoms with Gasteiger partial charge in [-0.2, -0.15) is 0 Å². The lowest BCUT2D eigenvalue weighted by Gasteiger charge is -2.31. The molecule has 0 radical (unpaired) electrons. The van der Waals surface area contributed by atoms with Crippen molar-refractivity contribution in [2.75, 3.05) is 7.05 Å². The normalized spacial score (nSPS) is 15.6. The van der Waals surface area contributed by atoms with Gasteiger partial charge in [0.15, 0.2) is 0 Å². The fourth-order valence-corrected chi connectivity index (χ4v) is 3.24. The Hall–Kier alpha value is -2.10. The first-order chi connectivity index (χ1) is 11.1. The molecule has 4 heteroatoms. The molecule has 1 fully saturated rings. The van der Waals surface area contributed by atoms with Gasteiger partial charge in [-0.25, -0.2) is 4.98 Å². The molecule has 1 aromatic carbocycles. The van der Waals surface area contributed by atoms with Crippen LogP contribution in [0.1, 0.15) is 43.6 Å². The molecule has 0 aliphatic heterocycles. The molecule has 122 valence electrons. The molecule has 4 nitrogen and oxygen atoms in total. The van der Waals surface area contributed by atoms with Gasteiger partial charge in [-0.3, -0.25) is 4.79 Å². The lowest BCUT2D eigenvalue weighted by molar-refractivity contribution is -0.131. The van der Waals surface area contributed by atoms with Crippen molar-refractivity contribution < 1.29 is 9.21 Å². The zero-order valence-corrected chi connectivity index (χ0v) is 13.9. The Balaban J connectivity index is 1.70. The number of rotatable bonds is 4. The van der Waals surface area contributed by atoms with E-state index >= 15 is 0 Å². The van der Waals surface area contributed by atoms with E-state index in [1.165, 1.54) is 19.3 Å². The largest absolute Gasteiger partial charge is 0.441 e. The average Bonchev–Trinajstić information content (AvgIpc) is 2.96. The van der Waals surface area contributed by atoms with E-state index in [9.17, 15) is 4.79 Å². The van der Waals surface area contributed by atoms with Gasteiger partial charge in [-0.1, -0.05) is 37.5 Å². The number of likely N-dealkylation sites (N-methyl/N-ethyl adjacent to an activating group) is 1. The fraction of sp³-hybridized carbons (Fsp3) is 0.474. The molecule has 1 aromatic heterocycles. The molecule has 1 saturated carbocycles. The fourth-order valence-electron chi connectivity index (χ4n) is 3.24. The molecule has 0 saturated heterocycles. The molecule has 1 heterocycles. The van der Waals surface area contributed by atoms with E-state index < -0.39 is 0 Å². The van der Waals surface area contributed by atoms with Gasteiger partial charge in [-0.15, -0.1) is 0 Å². The van der Waals surface area contributed by atoms with Crippen molar-refractivity contribution in [3.05, 3.63) is 41.8 Å². The van der Waals surface area contributed by atoms with Crippen molar-refractivity contribution in [1.29, 1.82) is 0 Å². The number of carbonyl (C=O) groups excluding carboxylic acids is 1. The van der Waals surface area contributed by atoms with E-state index in [2.05, 4.69) is 4.98 Å². The molecule has 1 amide bonds. The van der Waals surface area contributed by atoms with E-state index in [0.717, 1.165) is 29.9 Å². The van der Waals surface area contributed by atoms with Gasteiger partial charge in [0.2, 0.25) is 11.8 Å². The third kappa shape index (κ3) is 3.63. The number of carbonyl (C=O) groups is 1. The quantitative estimate of drug-likeness (QED) is 0.857. The number of nitrogens with zero attached hydrogens (tertiary/aromatic N) is 2. The number of hydrogen-bond donors (Lipinski definition) is 0. The van der Waals surface area contributed by atoms with E-state index in [0.29, 0.717) is 18.4 Å². The predicted molar refractivity (Wildman–Crippen MR) is 90.0 cm³/mol. The number of hydrogen-bond acceptors (Lipinski definition) is 3. The summed E-state index contributed by atoms with van der Waals surface area (Å²) >= 11 is 0. The van der Waals surface area contributed by atoms with Gasteiger partial charge >= 0.3 is 0 Å². The summed E-state index contributed by atoms with van der Waals surface area (Å²) in [6.07, 6.45) is 6.30. The van der Waals surface area contributed by atoms with Crippen molar-refractivity contribution in [2.45, 2.75) is 51.5 Å². The third-order valence-electron chi connectivity index (χ3n) is 4.75. The molecule has 1 aliphatic carbocycles. The van der Waals surface area contributed by atoms with Crippen molar-refractivity contribution in [1.82, 2.24) is 9.88 Å². The van der Waals surface area contributed by atoms with Crippen LogP contribution in [0.4, 0.5) is 0 Å². The Morgan fingerprint density at radius 1 is 1.22 bits per heavy atom. The Morgan fingerprint density at radius 3 is 2.61 bits per heavy atom. The standard InChI is InChI=1S/C19H24N2O2/c1-14-17(20-19(23-14)15-9-5-3-6-10-15)13-18(22)21(2)16-11-7-4-8-12-16/h3,5-6,9-10,16H,4,7-8,11-13H2,1-2H3. The number of benzene rings is 1. The van der Waals surface area contributed by atoms with Gasteiger partial charge < -0.3 is 9.32 Å². The molecule has 0 unspecified atom stereocenters. The number of amides is 1. The topological polar surface area (TPSA) is 46.3 Å². The second-order valence-corrected chi connectivity index (χ2v) is 6.36.